The Morgan fingerprint density at radius 1 is 1.12 bits per heavy atom. The highest BCUT2D eigenvalue weighted by Gasteiger charge is 2.58. The van der Waals surface area contributed by atoms with Gasteiger partial charge in [-0.15, -0.1) is 5.10 Å². The SMILES string of the molecule is CCC1(O)CCC2C(CCC3C2CCC2(C)C(C(=O)Cn4nnc5ccncc54)CCC32)C1. The molecular weight excluding hydrogens is 412 g/mol. The summed E-state index contributed by atoms with van der Waals surface area (Å²) in [5.41, 5.74) is 1.35. The molecule has 8 atom stereocenters. The molecule has 4 saturated carbocycles. The normalized spacial score (nSPS) is 42.5. The van der Waals surface area contributed by atoms with Gasteiger partial charge in [-0.1, -0.05) is 19.1 Å². The summed E-state index contributed by atoms with van der Waals surface area (Å²) in [5.74, 6) is 4.22. The number of pyridine rings is 1. The first kappa shape index (κ1) is 21.7. The Morgan fingerprint density at radius 3 is 2.82 bits per heavy atom. The molecule has 4 aliphatic carbocycles. The Morgan fingerprint density at radius 2 is 1.97 bits per heavy atom. The summed E-state index contributed by atoms with van der Waals surface area (Å²) < 4.78 is 1.75. The molecule has 4 fully saturated rings. The van der Waals surface area contributed by atoms with Gasteiger partial charge < -0.3 is 5.11 Å². The van der Waals surface area contributed by atoms with Gasteiger partial charge in [0, 0.05) is 12.1 Å². The minimum Gasteiger partial charge on any atom is -0.390 e. The fraction of sp³-hybridized carbons (Fsp3) is 0.778. The van der Waals surface area contributed by atoms with Crippen molar-refractivity contribution in [3.8, 4) is 0 Å². The van der Waals surface area contributed by atoms with Gasteiger partial charge in [0.25, 0.3) is 0 Å². The number of hydrogen-bond donors (Lipinski definition) is 1. The third kappa shape index (κ3) is 3.38. The van der Waals surface area contributed by atoms with Crippen molar-refractivity contribution >= 4 is 16.8 Å². The lowest BCUT2D eigenvalue weighted by Crippen LogP contribution is -2.51. The predicted octanol–water partition coefficient (Wildman–Crippen LogP) is 4.81. The topological polar surface area (TPSA) is 80.9 Å². The van der Waals surface area contributed by atoms with E-state index < -0.39 is 5.60 Å². The fourth-order valence-corrected chi connectivity index (χ4v) is 9.00. The van der Waals surface area contributed by atoms with Crippen molar-refractivity contribution in [2.75, 3.05) is 0 Å². The van der Waals surface area contributed by atoms with E-state index in [1.165, 1.54) is 38.5 Å². The van der Waals surface area contributed by atoms with Crippen molar-refractivity contribution in [2.45, 2.75) is 90.2 Å². The largest absolute Gasteiger partial charge is 0.390 e. The van der Waals surface area contributed by atoms with Crippen LogP contribution in [0.2, 0.25) is 0 Å². The molecule has 0 bridgehead atoms. The molecule has 0 aromatic carbocycles. The van der Waals surface area contributed by atoms with E-state index in [9.17, 15) is 9.90 Å². The van der Waals surface area contributed by atoms with Crippen LogP contribution in [0.5, 0.6) is 0 Å². The van der Waals surface area contributed by atoms with Crippen LogP contribution >= 0.6 is 0 Å². The van der Waals surface area contributed by atoms with Gasteiger partial charge >= 0.3 is 0 Å². The molecule has 33 heavy (non-hydrogen) atoms. The first-order valence-corrected chi connectivity index (χ1v) is 13.3. The van der Waals surface area contributed by atoms with Crippen molar-refractivity contribution in [1.82, 2.24) is 20.0 Å². The number of Topliss-reactive ketones (excluding diaryl/α,β-unsaturated/α-hetero) is 1. The smallest absolute Gasteiger partial charge is 0.157 e. The van der Waals surface area contributed by atoms with E-state index in [0.717, 1.165) is 54.5 Å². The molecule has 178 valence electrons. The monoisotopic (exact) mass is 450 g/mol. The summed E-state index contributed by atoms with van der Waals surface area (Å²) in [4.78, 5) is 17.8. The molecule has 0 radical (unpaired) electrons. The number of aromatic nitrogens is 4. The van der Waals surface area contributed by atoms with E-state index >= 15 is 0 Å². The fourth-order valence-electron chi connectivity index (χ4n) is 9.00. The van der Waals surface area contributed by atoms with Gasteiger partial charge in [-0.3, -0.25) is 9.78 Å². The van der Waals surface area contributed by atoms with Crippen molar-refractivity contribution in [1.29, 1.82) is 0 Å². The number of carbonyl (C=O) groups excluding carboxylic acids is 1. The van der Waals surface area contributed by atoms with Crippen LogP contribution in [0.15, 0.2) is 18.5 Å². The first-order valence-electron chi connectivity index (χ1n) is 13.3. The summed E-state index contributed by atoms with van der Waals surface area (Å²) in [6.45, 7) is 4.88. The summed E-state index contributed by atoms with van der Waals surface area (Å²) in [6, 6.07) is 1.85. The molecule has 6 nitrogen and oxygen atoms in total. The Labute approximate surface area is 196 Å². The highest BCUT2D eigenvalue weighted by Crippen LogP contribution is 2.64. The number of aliphatic hydroxyl groups is 1. The maximum absolute atomic E-state index is 13.6. The molecule has 4 aliphatic rings. The zero-order valence-corrected chi connectivity index (χ0v) is 20.1. The second kappa shape index (κ2) is 7.86. The maximum atomic E-state index is 13.6. The van der Waals surface area contributed by atoms with Crippen molar-refractivity contribution in [3.05, 3.63) is 18.5 Å². The van der Waals surface area contributed by atoms with E-state index in [1.807, 2.05) is 6.07 Å². The number of carbonyl (C=O) groups is 1. The van der Waals surface area contributed by atoms with Crippen LogP contribution in [0.3, 0.4) is 0 Å². The van der Waals surface area contributed by atoms with Crippen LogP contribution in [-0.2, 0) is 11.3 Å². The molecule has 0 amide bonds. The molecule has 0 saturated heterocycles. The Kier molecular flexibility index (Phi) is 5.17. The Balaban J connectivity index is 1.19. The molecule has 8 unspecified atom stereocenters. The predicted molar refractivity (Wildman–Crippen MR) is 126 cm³/mol. The summed E-state index contributed by atoms with van der Waals surface area (Å²) in [7, 11) is 0. The van der Waals surface area contributed by atoms with Crippen LogP contribution in [-0.4, -0.2) is 36.5 Å². The minimum atomic E-state index is -0.414. The lowest BCUT2D eigenvalue weighted by Gasteiger charge is -2.57. The third-order valence-electron chi connectivity index (χ3n) is 10.8. The highest BCUT2D eigenvalue weighted by atomic mass is 16.3. The van der Waals surface area contributed by atoms with Gasteiger partial charge in [-0.2, -0.15) is 0 Å². The third-order valence-corrected chi connectivity index (χ3v) is 10.8. The van der Waals surface area contributed by atoms with E-state index in [1.54, 1.807) is 17.1 Å². The Bertz CT molecular complexity index is 1050. The zero-order valence-electron chi connectivity index (χ0n) is 20.1. The average molecular weight is 451 g/mol. The standard InChI is InChI=1S/C27H38N4O2/c1-3-27(33)12-9-18-17(14-27)4-5-20-19(18)8-11-26(2)21(20)6-7-22(26)25(32)16-31-24-15-28-13-10-23(24)29-30-31/h10,13,15,17-22,33H,3-9,11-12,14,16H2,1-2H3. The molecule has 0 spiro atoms. The lowest BCUT2D eigenvalue weighted by molar-refractivity contribution is -0.133. The molecule has 2 aromatic heterocycles. The van der Waals surface area contributed by atoms with Gasteiger partial charge in [-0.05, 0) is 105 Å². The second-order valence-corrected chi connectivity index (χ2v) is 12.0. The van der Waals surface area contributed by atoms with Crippen molar-refractivity contribution < 1.29 is 9.90 Å². The van der Waals surface area contributed by atoms with Crippen LogP contribution < -0.4 is 0 Å². The van der Waals surface area contributed by atoms with E-state index in [0.29, 0.717) is 24.2 Å². The number of nitrogens with zero attached hydrogens (tertiary/aromatic N) is 4. The number of hydrogen-bond acceptors (Lipinski definition) is 5. The summed E-state index contributed by atoms with van der Waals surface area (Å²) >= 11 is 0. The summed E-state index contributed by atoms with van der Waals surface area (Å²) in [6.07, 6.45) is 14.8. The zero-order chi connectivity index (χ0) is 22.8. The Hall–Kier alpha value is -1.82. The molecule has 6 rings (SSSR count). The molecule has 1 N–H and O–H groups in total. The molecule has 2 aromatic rings. The van der Waals surface area contributed by atoms with E-state index in [-0.39, 0.29) is 11.3 Å². The highest BCUT2D eigenvalue weighted by molar-refractivity contribution is 5.84. The van der Waals surface area contributed by atoms with E-state index in [2.05, 4.69) is 29.1 Å². The van der Waals surface area contributed by atoms with Crippen LogP contribution in [0.25, 0.3) is 11.0 Å². The molecule has 6 heteroatoms. The van der Waals surface area contributed by atoms with Gasteiger partial charge in [0.05, 0.1) is 11.8 Å². The van der Waals surface area contributed by atoms with Gasteiger partial charge in [0.15, 0.2) is 5.78 Å². The minimum absolute atomic E-state index is 0.124. The van der Waals surface area contributed by atoms with Crippen molar-refractivity contribution in [2.24, 2.45) is 40.9 Å². The first-order chi connectivity index (χ1) is 15.9. The van der Waals surface area contributed by atoms with Crippen molar-refractivity contribution in [3.63, 3.8) is 0 Å². The van der Waals surface area contributed by atoms with Gasteiger partial charge in [-0.25, -0.2) is 4.68 Å². The van der Waals surface area contributed by atoms with Crippen LogP contribution in [0.1, 0.15) is 78.1 Å². The molecular formula is C27H38N4O2. The second-order valence-electron chi connectivity index (χ2n) is 12.0. The van der Waals surface area contributed by atoms with Crippen LogP contribution in [0, 0.1) is 40.9 Å². The lowest BCUT2D eigenvalue weighted by atomic mass is 9.48. The van der Waals surface area contributed by atoms with Gasteiger partial charge in [0.2, 0.25) is 0 Å². The number of fused-ring (bicyclic) bond motifs is 6. The van der Waals surface area contributed by atoms with Gasteiger partial charge in [0.1, 0.15) is 17.6 Å². The molecule has 2 heterocycles. The maximum Gasteiger partial charge on any atom is 0.157 e. The number of ketones is 1. The summed E-state index contributed by atoms with van der Waals surface area (Å²) in [5, 5.41) is 19.4. The average Bonchev–Trinajstić information content (AvgIpc) is 3.39. The molecule has 0 aliphatic heterocycles. The van der Waals surface area contributed by atoms with Crippen LogP contribution in [0.4, 0.5) is 0 Å². The quantitative estimate of drug-likeness (QED) is 0.723. The number of rotatable bonds is 4. The van der Waals surface area contributed by atoms with E-state index in [4.69, 9.17) is 0 Å².